The lowest BCUT2D eigenvalue weighted by molar-refractivity contribution is 0.299. The van der Waals surface area contributed by atoms with E-state index < -0.39 is 11.2 Å². The van der Waals surface area contributed by atoms with Crippen LogP contribution < -0.4 is 16.0 Å². The Labute approximate surface area is 89.7 Å². The number of fused-ring (bicyclic) bond motifs is 3. The van der Waals surface area contributed by atoms with Gasteiger partial charge in [0.1, 0.15) is 12.4 Å². The van der Waals surface area contributed by atoms with E-state index in [2.05, 4.69) is 9.97 Å². The highest BCUT2D eigenvalue weighted by Gasteiger charge is 2.20. The van der Waals surface area contributed by atoms with Gasteiger partial charge in [0, 0.05) is 5.56 Å². The smallest absolute Gasteiger partial charge is 0.326 e. The first kappa shape index (κ1) is 8.96. The van der Waals surface area contributed by atoms with E-state index in [-0.39, 0.29) is 6.61 Å². The molecule has 5 heteroatoms. The van der Waals surface area contributed by atoms with Gasteiger partial charge in [-0.05, 0) is 12.1 Å². The van der Waals surface area contributed by atoms with E-state index in [1.807, 2.05) is 18.2 Å². The van der Waals surface area contributed by atoms with Crippen LogP contribution in [0.25, 0.3) is 11.3 Å². The Morgan fingerprint density at radius 3 is 2.81 bits per heavy atom. The summed E-state index contributed by atoms with van der Waals surface area (Å²) in [5.74, 6) is 0.677. The van der Waals surface area contributed by atoms with Gasteiger partial charge in [0.2, 0.25) is 0 Å². The molecule has 3 rings (SSSR count). The van der Waals surface area contributed by atoms with Crippen LogP contribution in [-0.4, -0.2) is 9.97 Å². The topological polar surface area (TPSA) is 75.0 Å². The summed E-state index contributed by atoms with van der Waals surface area (Å²) in [6.45, 7) is 0.179. The van der Waals surface area contributed by atoms with E-state index in [1.54, 1.807) is 6.07 Å². The Morgan fingerprint density at radius 2 is 1.94 bits per heavy atom. The Hall–Kier alpha value is -2.30. The van der Waals surface area contributed by atoms with Crippen LogP contribution in [0.4, 0.5) is 0 Å². The maximum Gasteiger partial charge on any atom is 0.326 e. The molecule has 1 aliphatic heterocycles. The number of benzene rings is 1. The van der Waals surface area contributed by atoms with Gasteiger partial charge in [-0.1, -0.05) is 12.1 Å². The molecule has 0 saturated heterocycles. The number of H-pyrrole nitrogens is 2. The number of ether oxygens (including phenoxy) is 1. The molecule has 2 heterocycles. The van der Waals surface area contributed by atoms with Crippen molar-refractivity contribution in [3.63, 3.8) is 0 Å². The van der Waals surface area contributed by atoms with Crippen LogP contribution in [0.15, 0.2) is 33.9 Å². The van der Waals surface area contributed by atoms with E-state index in [1.165, 1.54) is 0 Å². The molecule has 16 heavy (non-hydrogen) atoms. The summed E-state index contributed by atoms with van der Waals surface area (Å²) >= 11 is 0. The lowest BCUT2D eigenvalue weighted by atomic mass is 10.0. The van der Waals surface area contributed by atoms with Gasteiger partial charge < -0.3 is 9.72 Å². The second kappa shape index (κ2) is 3.10. The van der Waals surface area contributed by atoms with Crippen LogP contribution in [-0.2, 0) is 6.61 Å². The molecular weight excluding hydrogens is 208 g/mol. The van der Waals surface area contributed by atoms with E-state index in [9.17, 15) is 9.59 Å². The molecule has 0 atom stereocenters. The molecular formula is C11H8N2O3. The molecule has 1 aromatic carbocycles. The van der Waals surface area contributed by atoms with Gasteiger partial charge >= 0.3 is 5.69 Å². The summed E-state index contributed by atoms with van der Waals surface area (Å²) in [4.78, 5) is 27.6. The molecule has 0 unspecified atom stereocenters. The number of aromatic amines is 2. The van der Waals surface area contributed by atoms with Crippen LogP contribution in [0, 0.1) is 0 Å². The summed E-state index contributed by atoms with van der Waals surface area (Å²) < 4.78 is 5.43. The highest BCUT2D eigenvalue weighted by atomic mass is 16.5. The van der Waals surface area contributed by atoms with Crippen molar-refractivity contribution in [3.05, 3.63) is 50.7 Å². The average Bonchev–Trinajstić information content (AvgIpc) is 2.28. The highest BCUT2D eigenvalue weighted by Crippen LogP contribution is 2.33. The second-order valence-corrected chi connectivity index (χ2v) is 3.55. The molecule has 5 nitrogen and oxygen atoms in total. The quantitative estimate of drug-likeness (QED) is 0.678. The molecule has 2 N–H and O–H groups in total. The van der Waals surface area contributed by atoms with Gasteiger partial charge in [-0.15, -0.1) is 0 Å². The van der Waals surface area contributed by atoms with Crippen molar-refractivity contribution in [2.75, 3.05) is 0 Å². The third-order valence-electron chi connectivity index (χ3n) is 2.57. The Kier molecular flexibility index (Phi) is 1.73. The molecule has 0 saturated carbocycles. The fourth-order valence-corrected chi connectivity index (χ4v) is 1.83. The minimum Gasteiger partial charge on any atom is -0.488 e. The standard InChI is InChI=1S/C11H8N2O3/c14-10-7-5-16-8-4-2-1-3-6(8)9(7)12-11(15)13-10/h1-4H,5H2,(H2,12,13,14,15). The number of aromatic nitrogens is 2. The summed E-state index contributed by atoms with van der Waals surface area (Å²) in [6.07, 6.45) is 0. The zero-order valence-corrected chi connectivity index (χ0v) is 8.24. The zero-order valence-electron chi connectivity index (χ0n) is 8.24. The molecule has 1 aromatic heterocycles. The number of nitrogens with one attached hydrogen (secondary N) is 2. The third kappa shape index (κ3) is 1.18. The molecule has 80 valence electrons. The lowest BCUT2D eigenvalue weighted by Gasteiger charge is -2.18. The van der Waals surface area contributed by atoms with Crippen LogP contribution in [0.3, 0.4) is 0 Å². The monoisotopic (exact) mass is 216 g/mol. The average molecular weight is 216 g/mol. The van der Waals surface area contributed by atoms with Crippen LogP contribution in [0.5, 0.6) is 5.75 Å². The first-order chi connectivity index (χ1) is 7.75. The van der Waals surface area contributed by atoms with Crippen LogP contribution in [0.2, 0.25) is 0 Å². The number of para-hydroxylation sites is 1. The van der Waals surface area contributed by atoms with Crippen molar-refractivity contribution < 1.29 is 4.74 Å². The maximum atomic E-state index is 11.5. The van der Waals surface area contributed by atoms with Crippen molar-refractivity contribution in [2.24, 2.45) is 0 Å². The minimum atomic E-state index is -0.500. The number of rotatable bonds is 0. The second-order valence-electron chi connectivity index (χ2n) is 3.55. The van der Waals surface area contributed by atoms with Crippen molar-refractivity contribution in [1.29, 1.82) is 0 Å². The number of hydrogen-bond acceptors (Lipinski definition) is 3. The Bertz CT molecular complexity index is 669. The number of hydrogen-bond donors (Lipinski definition) is 2. The summed E-state index contributed by atoms with van der Waals surface area (Å²) in [5, 5.41) is 0. The van der Waals surface area contributed by atoms with Gasteiger partial charge in [-0.25, -0.2) is 4.79 Å². The van der Waals surface area contributed by atoms with Crippen molar-refractivity contribution in [2.45, 2.75) is 6.61 Å². The van der Waals surface area contributed by atoms with Gasteiger partial charge in [0.15, 0.2) is 0 Å². The predicted octanol–water partition coefficient (Wildman–Crippen LogP) is 0.623. The van der Waals surface area contributed by atoms with Gasteiger partial charge in [0.05, 0.1) is 11.3 Å². The zero-order chi connectivity index (χ0) is 11.1. The normalized spacial score (nSPS) is 12.5. The molecule has 0 aliphatic carbocycles. The Balaban J connectivity index is 2.40. The highest BCUT2D eigenvalue weighted by molar-refractivity contribution is 5.70. The SMILES string of the molecule is O=c1[nH]c2c(c(=O)[nH]1)COc1ccccc1-2. The van der Waals surface area contributed by atoms with Gasteiger partial charge in [-0.2, -0.15) is 0 Å². The van der Waals surface area contributed by atoms with Crippen LogP contribution >= 0.6 is 0 Å². The molecule has 1 aliphatic rings. The lowest BCUT2D eigenvalue weighted by Crippen LogP contribution is -2.29. The summed E-state index contributed by atoms with van der Waals surface area (Å²) in [5.41, 5.74) is 0.856. The van der Waals surface area contributed by atoms with E-state index >= 15 is 0 Å². The van der Waals surface area contributed by atoms with Crippen molar-refractivity contribution in [3.8, 4) is 17.0 Å². The van der Waals surface area contributed by atoms with Crippen molar-refractivity contribution >= 4 is 0 Å². The van der Waals surface area contributed by atoms with E-state index in [0.29, 0.717) is 17.0 Å². The summed E-state index contributed by atoms with van der Waals surface area (Å²) in [7, 11) is 0. The first-order valence-corrected chi connectivity index (χ1v) is 4.83. The van der Waals surface area contributed by atoms with E-state index in [0.717, 1.165) is 5.56 Å². The largest absolute Gasteiger partial charge is 0.488 e. The van der Waals surface area contributed by atoms with Gasteiger partial charge in [0.25, 0.3) is 5.56 Å². The molecule has 2 aromatic rings. The molecule has 0 bridgehead atoms. The molecule has 0 amide bonds. The molecule has 0 radical (unpaired) electrons. The van der Waals surface area contributed by atoms with Crippen molar-refractivity contribution in [1.82, 2.24) is 9.97 Å². The van der Waals surface area contributed by atoms with Crippen LogP contribution in [0.1, 0.15) is 5.56 Å². The third-order valence-corrected chi connectivity index (χ3v) is 2.57. The molecule has 0 fully saturated rings. The minimum absolute atomic E-state index is 0.179. The Morgan fingerprint density at radius 1 is 1.12 bits per heavy atom. The fourth-order valence-electron chi connectivity index (χ4n) is 1.83. The summed E-state index contributed by atoms with van der Waals surface area (Å²) in [6, 6.07) is 7.28. The fraction of sp³-hybridized carbons (Fsp3) is 0.0909. The van der Waals surface area contributed by atoms with Gasteiger partial charge in [-0.3, -0.25) is 9.78 Å². The first-order valence-electron chi connectivity index (χ1n) is 4.83. The predicted molar refractivity (Wildman–Crippen MR) is 57.5 cm³/mol. The maximum absolute atomic E-state index is 11.5. The van der Waals surface area contributed by atoms with E-state index in [4.69, 9.17) is 4.74 Å². The molecule has 0 spiro atoms.